The van der Waals surface area contributed by atoms with E-state index in [-0.39, 0.29) is 5.78 Å². The Morgan fingerprint density at radius 1 is 1.23 bits per heavy atom. The number of nitrogen functional groups attached to an aromatic ring is 1. The first-order chi connectivity index (χ1) is 10.7. The minimum Gasteiger partial charge on any atom is -0.391 e. The zero-order valence-corrected chi connectivity index (χ0v) is 12.9. The Morgan fingerprint density at radius 3 is 2.86 bits per heavy atom. The Balaban J connectivity index is 1.89. The number of hydrogen-bond donors (Lipinski definition) is 1. The van der Waals surface area contributed by atoms with Crippen LogP contribution in [0.3, 0.4) is 0 Å². The van der Waals surface area contributed by atoms with Crippen LogP contribution in [0.1, 0.15) is 15.2 Å². The van der Waals surface area contributed by atoms with E-state index in [0.717, 1.165) is 15.6 Å². The van der Waals surface area contributed by atoms with Gasteiger partial charge in [0.2, 0.25) is 5.78 Å². The van der Waals surface area contributed by atoms with Crippen LogP contribution in [0.4, 0.5) is 5.00 Å². The second-order valence-corrected chi connectivity index (χ2v) is 6.70. The molecule has 0 aliphatic rings. The molecule has 0 fully saturated rings. The molecule has 7 heteroatoms. The molecule has 5 nitrogen and oxygen atoms in total. The molecular formula is C15H10N4OS2. The molecule has 2 N–H and O–H groups in total. The normalized spacial score (nSPS) is 11.1. The van der Waals surface area contributed by atoms with Crippen LogP contribution in [-0.2, 0) is 0 Å². The average Bonchev–Trinajstić information content (AvgIpc) is 3.26. The molecule has 0 bridgehead atoms. The van der Waals surface area contributed by atoms with Gasteiger partial charge in [-0.05, 0) is 29.6 Å². The van der Waals surface area contributed by atoms with Crippen LogP contribution in [-0.4, -0.2) is 20.4 Å². The second-order valence-electron chi connectivity index (χ2n) is 4.63. The third-order valence-corrected chi connectivity index (χ3v) is 5.08. The zero-order chi connectivity index (χ0) is 15.1. The smallest absolute Gasteiger partial charge is 0.208 e. The highest BCUT2D eigenvalue weighted by atomic mass is 32.1. The monoisotopic (exact) mass is 326 g/mol. The van der Waals surface area contributed by atoms with Crippen molar-refractivity contribution in [2.24, 2.45) is 0 Å². The van der Waals surface area contributed by atoms with Crippen LogP contribution in [0.5, 0.6) is 0 Å². The lowest BCUT2D eigenvalue weighted by atomic mass is 10.2. The van der Waals surface area contributed by atoms with Crippen LogP contribution >= 0.6 is 22.7 Å². The highest BCUT2D eigenvalue weighted by Crippen LogP contribution is 2.30. The predicted octanol–water partition coefficient (Wildman–Crippen LogP) is 3.33. The minimum atomic E-state index is -0.0552. The zero-order valence-electron chi connectivity index (χ0n) is 11.3. The number of carbonyl (C=O) groups excluding carboxylic acids is 1. The molecule has 4 rings (SSSR count). The van der Waals surface area contributed by atoms with Gasteiger partial charge < -0.3 is 5.73 Å². The summed E-state index contributed by atoms with van der Waals surface area (Å²) in [6.07, 6.45) is 3.26. The maximum atomic E-state index is 12.5. The number of anilines is 1. The predicted molar refractivity (Wildman–Crippen MR) is 88.5 cm³/mol. The van der Waals surface area contributed by atoms with E-state index < -0.39 is 0 Å². The lowest BCUT2D eigenvalue weighted by Crippen LogP contribution is -2.00. The van der Waals surface area contributed by atoms with E-state index in [4.69, 9.17) is 5.73 Å². The summed E-state index contributed by atoms with van der Waals surface area (Å²) in [5, 5.41) is 6.96. The van der Waals surface area contributed by atoms with Gasteiger partial charge in [0.05, 0.1) is 32.2 Å². The SMILES string of the molecule is Nc1ccc(-c2ccnc3c(C(=O)c4cccs4)cnn23)s1. The van der Waals surface area contributed by atoms with Crippen LogP contribution in [0.2, 0.25) is 0 Å². The van der Waals surface area contributed by atoms with Crippen molar-refractivity contribution in [2.45, 2.75) is 0 Å². The number of nitrogens with two attached hydrogens (primary N) is 1. The van der Waals surface area contributed by atoms with Gasteiger partial charge in [0.1, 0.15) is 0 Å². The topological polar surface area (TPSA) is 73.3 Å². The first-order valence-corrected chi connectivity index (χ1v) is 8.20. The fourth-order valence-electron chi connectivity index (χ4n) is 2.27. The molecule has 4 aromatic heterocycles. The number of nitrogens with zero attached hydrogens (tertiary/aromatic N) is 3. The first kappa shape index (κ1) is 13.2. The number of carbonyl (C=O) groups is 1. The van der Waals surface area contributed by atoms with E-state index in [0.29, 0.717) is 16.1 Å². The third-order valence-electron chi connectivity index (χ3n) is 3.27. The summed E-state index contributed by atoms with van der Waals surface area (Å²) >= 11 is 2.89. The maximum absolute atomic E-state index is 12.5. The summed E-state index contributed by atoms with van der Waals surface area (Å²) in [5.74, 6) is -0.0552. The Morgan fingerprint density at radius 2 is 2.14 bits per heavy atom. The molecule has 4 heterocycles. The molecule has 0 amide bonds. The summed E-state index contributed by atoms with van der Waals surface area (Å²) in [7, 11) is 0. The standard InChI is InChI=1S/C15H10N4OS2/c16-13-4-3-11(22-13)10-5-6-17-15-9(8-18-19(10)15)14(20)12-2-1-7-21-12/h1-8H,16H2. The largest absolute Gasteiger partial charge is 0.391 e. The van der Waals surface area contributed by atoms with Crippen LogP contribution in [0.15, 0.2) is 48.1 Å². The van der Waals surface area contributed by atoms with Crippen LogP contribution in [0.25, 0.3) is 16.2 Å². The van der Waals surface area contributed by atoms with Crippen molar-refractivity contribution in [3.05, 3.63) is 58.5 Å². The van der Waals surface area contributed by atoms with E-state index in [9.17, 15) is 4.79 Å². The average molecular weight is 326 g/mol. The summed E-state index contributed by atoms with van der Waals surface area (Å²) in [6.45, 7) is 0. The van der Waals surface area contributed by atoms with Crippen molar-refractivity contribution in [1.82, 2.24) is 14.6 Å². The highest BCUT2D eigenvalue weighted by Gasteiger charge is 2.18. The number of aromatic nitrogens is 3. The second kappa shape index (κ2) is 5.04. The Bertz CT molecular complexity index is 969. The maximum Gasteiger partial charge on any atom is 0.208 e. The number of ketones is 1. The summed E-state index contributed by atoms with van der Waals surface area (Å²) in [4.78, 5) is 18.5. The third kappa shape index (κ3) is 2.02. The van der Waals surface area contributed by atoms with Gasteiger partial charge in [-0.25, -0.2) is 9.50 Å². The Labute approximate surface area is 133 Å². The van der Waals surface area contributed by atoms with E-state index in [1.807, 2.05) is 29.6 Å². The summed E-state index contributed by atoms with van der Waals surface area (Å²) in [6, 6.07) is 9.33. The van der Waals surface area contributed by atoms with Gasteiger partial charge in [0.25, 0.3) is 0 Å². The van der Waals surface area contributed by atoms with Crippen LogP contribution < -0.4 is 5.73 Å². The highest BCUT2D eigenvalue weighted by molar-refractivity contribution is 7.19. The minimum absolute atomic E-state index is 0.0552. The quantitative estimate of drug-likeness (QED) is 0.586. The van der Waals surface area contributed by atoms with Crippen molar-refractivity contribution in [2.75, 3.05) is 5.73 Å². The summed E-state index contributed by atoms with van der Waals surface area (Å²) in [5.41, 5.74) is 7.74. The molecule has 0 aromatic carbocycles. The molecule has 0 aliphatic carbocycles. The van der Waals surface area contributed by atoms with Gasteiger partial charge in [-0.2, -0.15) is 5.10 Å². The van der Waals surface area contributed by atoms with Crippen molar-refractivity contribution in [3.8, 4) is 10.6 Å². The molecule has 22 heavy (non-hydrogen) atoms. The lowest BCUT2D eigenvalue weighted by Gasteiger charge is -2.02. The molecule has 0 saturated carbocycles. The molecule has 108 valence electrons. The van der Waals surface area contributed by atoms with E-state index in [1.54, 1.807) is 23.0 Å². The number of rotatable bonds is 3. The summed E-state index contributed by atoms with van der Waals surface area (Å²) < 4.78 is 1.69. The van der Waals surface area contributed by atoms with Gasteiger partial charge in [-0.1, -0.05) is 6.07 Å². The van der Waals surface area contributed by atoms with Gasteiger partial charge >= 0.3 is 0 Å². The van der Waals surface area contributed by atoms with Crippen molar-refractivity contribution >= 4 is 39.1 Å². The van der Waals surface area contributed by atoms with Crippen LogP contribution in [0, 0.1) is 0 Å². The molecule has 4 aromatic rings. The molecular weight excluding hydrogens is 316 g/mol. The Kier molecular flexibility index (Phi) is 3.02. The molecule has 0 aliphatic heterocycles. The van der Waals surface area contributed by atoms with E-state index in [2.05, 4.69) is 10.1 Å². The molecule has 0 unspecified atom stereocenters. The van der Waals surface area contributed by atoms with Gasteiger partial charge in [-0.15, -0.1) is 22.7 Å². The fraction of sp³-hybridized carbons (Fsp3) is 0. The number of hydrogen-bond acceptors (Lipinski definition) is 6. The molecule has 0 saturated heterocycles. The van der Waals surface area contributed by atoms with Crippen molar-refractivity contribution in [1.29, 1.82) is 0 Å². The van der Waals surface area contributed by atoms with Crippen molar-refractivity contribution < 1.29 is 4.79 Å². The van der Waals surface area contributed by atoms with Crippen molar-refractivity contribution in [3.63, 3.8) is 0 Å². The lowest BCUT2D eigenvalue weighted by molar-refractivity contribution is 0.104. The molecule has 0 radical (unpaired) electrons. The fourth-order valence-corrected chi connectivity index (χ4v) is 3.73. The number of fused-ring (bicyclic) bond motifs is 1. The molecule has 0 spiro atoms. The van der Waals surface area contributed by atoms with Gasteiger partial charge in [0, 0.05) is 6.20 Å². The van der Waals surface area contributed by atoms with Gasteiger partial charge in [-0.3, -0.25) is 4.79 Å². The molecule has 0 atom stereocenters. The van der Waals surface area contributed by atoms with E-state index in [1.165, 1.54) is 22.7 Å². The first-order valence-electron chi connectivity index (χ1n) is 6.50. The Hall–Kier alpha value is -2.51. The number of thiophene rings is 2. The van der Waals surface area contributed by atoms with E-state index >= 15 is 0 Å². The van der Waals surface area contributed by atoms with Gasteiger partial charge in [0.15, 0.2) is 5.65 Å².